The maximum Gasteiger partial charge on any atom is 0.256 e. The largest absolute Gasteiger partial charge is 0.356 e. The fourth-order valence-electron chi connectivity index (χ4n) is 4.22. The quantitative estimate of drug-likeness (QED) is 0.609. The van der Waals surface area contributed by atoms with Crippen LogP contribution in [-0.4, -0.2) is 26.9 Å². The topological polar surface area (TPSA) is 39.3 Å². The highest BCUT2D eigenvalue weighted by molar-refractivity contribution is 7.80. The molecule has 0 bridgehead atoms. The van der Waals surface area contributed by atoms with Crippen molar-refractivity contribution in [3.8, 4) is 0 Å². The molecule has 1 fully saturated rings. The molecule has 0 unspecified atom stereocenters. The number of aromatic amines is 1. The number of hydrogen-bond donors (Lipinski definition) is 1. The van der Waals surface area contributed by atoms with Gasteiger partial charge in [-0.3, -0.25) is 9.69 Å². The minimum Gasteiger partial charge on any atom is -0.356 e. The van der Waals surface area contributed by atoms with E-state index in [0.29, 0.717) is 17.2 Å². The molecule has 0 saturated carbocycles. The van der Waals surface area contributed by atoms with Gasteiger partial charge in [0.2, 0.25) is 0 Å². The van der Waals surface area contributed by atoms with E-state index in [1.165, 1.54) is 23.1 Å². The maximum absolute atomic E-state index is 13.5. The van der Waals surface area contributed by atoms with Gasteiger partial charge < -0.3 is 9.88 Å². The summed E-state index contributed by atoms with van der Waals surface area (Å²) in [5.74, 6) is -0.629. The molecule has 1 saturated heterocycles. The molecule has 3 heterocycles. The molecule has 0 radical (unpaired) electrons. The number of hydrogen-bond acceptors (Lipinski definition) is 2. The van der Waals surface area contributed by atoms with E-state index < -0.39 is 5.82 Å². The van der Waals surface area contributed by atoms with E-state index in [-0.39, 0.29) is 23.0 Å². The summed E-state index contributed by atoms with van der Waals surface area (Å²) in [4.78, 5) is 20.1. The molecule has 0 aliphatic carbocycles. The molecule has 7 heteroatoms. The van der Waals surface area contributed by atoms with Gasteiger partial charge in [-0.15, -0.1) is 0 Å². The zero-order valence-corrected chi connectivity index (χ0v) is 15.9. The summed E-state index contributed by atoms with van der Waals surface area (Å²) < 4.78 is 13.5. The number of nitrogens with one attached hydrogen (secondary N) is 1. The minimum absolute atomic E-state index is 0.0303. The first-order valence-electron chi connectivity index (χ1n) is 8.68. The van der Waals surface area contributed by atoms with E-state index in [1.54, 1.807) is 0 Å². The van der Waals surface area contributed by atoms with Crippen molar-refractivity contribution in [1.29, 1.82) is 0 Å². The van der Waals surface area contributed by atoms with E-state index in [1.807, 2.05) is 30.0 Å². The van der Waals surface area contributed by atoms with Gasteiger partial charge >= 0.3 is 0 Å². The Hall–Kier alpha value is -2.44. The fraction of sp³-hybridized carbons (Fsp3) is 0.200. The zero-order chi connectivity index (χ0) is 18.9. The molecular weight excluding hydrogens is 385 g/mol. The molecule has 5 rings (SSSR count). The Labute approximate surface area is 165 Å². The number of benzene rings is 2. The first-order valence-corrected chi connectivity index (χ1v) is 9.47. The lowest BCUT2D eigenvalue weighted by Crippen LogP contribution is -2.42. The SMILES string of the molecule is C[C@H]1c2[nH]c3ccccc3c2C[C@H]2C(=O)N(c3ccc(F)c(Cl)c3)C(=S)N21. The predicted molar refractivity (Wildman–Crippen MR) is 108 cm³/mol. The third kappa shape index (κ3) is 2.26. The summed E-state index contributed by atoms with van der Waals surface area (Å²) in [5.41, 5.74) is 3.80. The van der Waals surface area contributed by atoms with Gasteiger partial charge in [-0.05, 0) is 49.0 Å². The van der Waals surface area contributed by atoms with Crippen LogP contribution in [0.15, 0.2) is 42.5 Å². The number of fused-ring (bicyclic) bond motifs is 4. The Morgan fingerprint density at radius 2 is 2.04 bits per heavy atom. The summed E-state index contributed by atoms with van der Waals surface area (Å²) in [5, 5.41) is 1.53. The van der Waals surface area contributed by atoms with Crippen molar-refractivity contribution in [3.05, 3.63) is 64.6 Å². The van der Waals surface area contributed by atoms with Crippen LogP contribution in [0.5, 0.6) is 0 Å². The van der Waals surface area contributed by atoms with Crippen molar-refractivity contribution in [2.24, 2.45) is 0 Å². The van der Waals surface area contributed by atoms with E-state index in [2.05, 4.69) is 11.1 Å². The van der Waals surface area contributed by atoms with Crippen molar-refractivity contribution in [2.45, 2.75) is 25.4 Å². The number of aromatic nitrogens is 1. The molecule has 2 aliphatic heterocycles. The molecule has 27 heavy (non-hydrogen) atoms. The third-order valence-corrected chi connectivity index (χ3v) is 6.18. The van der Waals surface area contributed by atoms with Crippen molar-refractivity contribution in [3.63, 3.8) is 0 Å². The molecule has 2 atom stereocenters. The van der Waals surface area contributed by atoms with Crippen LogP contribution in [-0.2, 0) is 11.2 Å². The number of halogens is 2. The molecule has 1 amide bonds. The van der Waals surface area contributed by atoms with Crippen LogP contribution in [0.1, 0.15) is 24.2 Å². The lowest BCUT2D eigenvalue weighted by atomic mass is 9.93. The number of thiocarbonyl (C=S) groups is 1. The lowest BCUT2D eigenvalue weighted by Gasteiger charge is -2.34. The molecule has 3 aromatic rings. The average Bonchev–Trinajstić information content (AvgIpc) is 3.14. The van der Waals surface area contributed by atoms with Gasteiger partial charge in [0.05, 0.1) is 16.8 Å². The Morgan fingerprint density at radius 1 is 1.26 bits per heavy atom. The van der Waals surface area contributed by atoms with Gasteiger partial charge in [0.25, 0.3) is 5.91 Å². The van der Waals surface area contributed by atoms with E-state index >= 15 is 0 Å². The Kier molecular flexibility index (Phi) is 3.58. The number of rotatable bonds is 1. The van der Waals surface area contributed by atoms with E-state index in [4.69, 9.17) is 23.8 Å². The Balaban J connectivity index is 1.60. The van der Waals surface area contributed by atoms with Gasteiger partial charge in [0, 0.05) is 23.0 Å². The van der Waals surface area contributed by atoms with Crippen LogP contribution >= 0.6 is 23.8 Å². The minimum atomic E-state index is -0.523. The molecule has 4 nitrogen and oxygen atoms in total. The molecule has 2 aliphatic rings. The number of carbonyl (C=O) groups excluding carboxylic acids is 1. The zero-order valence-electron chi connectivity index (χ0n) is 14.4. The van der Waals surface area contributed by atoms with E-state index in [9.17, 15) is 9.18 Å². The van der Waals surface area contributed by atoms with Gasteiger partial charge in [-0.25, -0.2) is 4.39 Å². The lowest BCUT2D eigenvalue weighted by molar-refractivity contribution is -0.120. The van der Waals surface area contributed by atoms with Crippen LogP contribution in [0.3, 0.4) is 0 Å². The molecule has 0 spiro atoms. The van der Waals surface area contributed by atoms with Crippen LogP contribution in [0, 0.1) is 5.82 Å². The average molecular weight is 400 g/mol. The number of nitrogens with zero attached hydrogens (tertiary/aromatic N) is 2. The maximum atomic E-state index is 13.5. The number of para-hydroxylation sites is 1. The number of carbonyl (C=O) groups is 1. The highest BCUT2D eigenvalue weighted by Gasteiger charge is 2.49. The van der Waals surface area contributed by atoms with Gasteiger partial charge in [0.1, 0.15) is 11.9 Å². The second-order valence-corrected chi connectivity index (χ2v) is 7.69. The fourth-order valence-corrected chi connectivity index (χ4v) is 4.88. The van der Waals surface area contributed by atoms with Crippen LogP contribution in [0.4, 0.5) is 10.1 Å². The first-order chi connectivity index (χ1) is 13.0. The molecular formula is C20H15ClFN3OS. The molecule has 136 valence electrons. The smallest absolute Gasteiger partial charge is 0.256 e. The van der Waals surface area contributed by atoms with Crippen molar-refractivity contribution >= 4 is 51.4 Å². The normalized spacial score (nSPS) is 21.7. The number of anilines is 1. The highest BCUT2D eigenvalue weighted by atomic mass is 35.5. The number of H-pyrrole nitrogens is 1. The van der Waals surface area contributed by atoms with E-state index in [0.717, 1.165) is 22.2 Å². The van der Waals surface area contributed by atoms with Crippen LogP contribution in [0.2, 0.25) is 5.02 Å². The Bertz CT molecular complexity index is 1130. The number of amides is 1. The highest BCUT2D eigenvalue weighted by Crippen LogP contribution is 2.42. The first kappa shape index (κ1) is 16.7. The third-order valence-electron chi connectivity index (χ3n) is 5.49. The molecule has 2 aromatic carbocycles. The van der Waals surface area contributed by atoms with Gasteiger partial charge in [0.15, 0.2) is 5.11 Å². The summed E-state index contributed by atoms with van der Waals surface area (Å²) in [7, 11) is 0. The second kappa shape index (κ2) is 5.78. The summed E-state index contributed by atoms with van der Waals surface area (Å²) in [6, 6.07) is 11.9. The second-order valence-electron chi connectivity index (χ2n) is 6.92. The van der Waals surface area contributed by atoms with Crippen molar-refractivity contribution in [2.75, 3.05) is 4.90 Å². The monoisotopic (exact) mass is 399 g/mol. The summed E-state index contributed by atoms with van der Waals surface area (Å²) in [6.07, 6.45) is 0.577. The van der Waals surface area contributed by atoms with Gasteiger partial charge in [-0.2, -0.15) is 0 Å². The van der Waals surface area contributed by atoms with Crippen LogP contribution < -0.4 is 4.90 Å². The summed E-state index contributed by atoms with van der Waals surface area (Å²) >= 11 is 11.6. The Morgan fingerprint density at radius 3 is 2.81 bits per heavy atom. The summed E-state index contributed by atoms with van der Waals surface area (Å²) in [6.45, 7) is 2.04. The van der Waals surface area contributed by atoms with Crippen LogP contribution in [0.25, 0.3) is 10.9 Å². The molecule has 1 N–H and O–H groups in total. The van der Waals surface area contributed by atoms with Gasteiger partial charge in [-0.1, -0.05) is 29.8 Å². The van der Waals surface area contributed by atoms with Crippen molar-refractivity contribution < 1.29 is 9.18 Å². The molecule has 1 aromatic heterocycles. The van der Waals surface area contributed by atoms with Crippen molar-refractivity contribution in [1.82, 2.24) is 9.88 Å². The standard InChI is InChI=1S/C20H15ClFN3OS/c1-10-18-13(12-4-2-3-5-16(12)23-18)9-17-19(26)25(20(27)24(10)17)11-6-7-15(22)14(21)8-11/h2-8,10,17,23H,9H2,1H3/t10-,17-/m0/s1. The predicted octanol–water partition coefficient (Wildman–Crippen LogP) is 4.58.